The molecule has 1 N–H and O–H groups in total. The van der Waals surface area contributed by atoms with E-state index in [9.17, 15) is 13.6 Å². The molecule has 4 heteroatoms. The van der Waals surface area contributed by atoms with Gasteiger partial charge in [-0.05, 0) is 12.5 Å². The topological polar surface area (TPSA) is 37.3 Å². The molecule has 1 aromatic carbocycles. The summed E-state index contributed by atoms with van der Waals surface area (Å²) in [5.41, 5.74) is 0.918. The van der Waals surface area contributed by atoms with Crippen LogP contribution in [0.2, 0.25) is 0 Å². The van der Waals surface area contributed by atoms with Crippen molar-refractivity contribution in [2.45, 2.75) is 19.3 Å². The first-order chi connectivity index (χ1) is 6.52. The monoisotopic (exact) mass is 200 g/mol. The quantitative estimate of drug-likeness (QED) is 0.813. The SMILES string of the molecule is Cc1cccc(C(C(=O)O)C(F)F)c1. The van der Waals surface area contributed by atoms with E-state index < -0.39 is 18.3 Å². The lowest BCUT2D eigenvalue weighted by molar-refractivity contribution is -0.142. The maximum atomic E-state index is 12.4. The highest BCUT2D eigenvalue weighted by atomic mass is 19.3. The van der Waals surface area contributed by atoms with E-state index in [1.807, 2.05) is 0 Å². The Morgan fingerprint density at radius 2 is 2.07 bits per heavy atom. The number of benzene rings is 1. The van der Waals surface area contributed by atoms with Crippen LogP contribution in [-0.2, 0) is 4.79 Å². The third-order valence-electron chi connectivity index (χ3n) is 1.92. The fraction of sp³-hybridized carbons (Fsp3) is 0.300. The number of carboxylic acid groups (broad SMARTS) is 1. The summed E-state index contributed by atoms with van der Waals surface area (Å²) < 4.78 is 24.8. The summed E-state index contributed by atoms with van der Waals surface area (Å²) in [6.45, 7) is 1.73. The summed E-state index contributed by atoms with van der Waals surface area (Å²) in [4.78, 5) is 10.6. The largest absolute Gasteiger partial charge is 0.481 e. The Hall–Kier alpha value is -1.45. The minimum absolute atomic E-state index is 0.146. The van der Waals surface area contributed by atoms with Crippen molar-refractivity contribution in [2.75, 3.05) is 0 Å². The second-order valence-corrected chi connectivity index (χ2v) is 3.06. The maximum Gasteiger partial charge on any atom is 0.316 e. The molecule has 0 heterocycles. The molecule has 0 spiro atoms. The van der Waals surface area contributed by atoms with Crippen LogP contribution in [0.3, 0.4) is 0 Å². The van der Waals surface area contributed by atoms with Gasteiger partial charge in [0.25, 0.3) is 6.43 Å². The number of hydrogen-bond donors (Lipinski definition) is 1. The molecule has 0 amide bonds. The van der Waals surface area contributed by atoms with Gasteiger partial charge in [0, 0.05) is 0 Å². The lowest BCUT2D eigenvalue weighted by Crippen LogP contribution is -2.19. The molecule has 0 aromatic heterocycles. The van der Waals surface area contributed by atoms with Gasteiger partial charge in [-0.3, -0.25) is 4.79 Å². The molecule has 0 bridgehead atoms. The van der Waals surface area contributed by atoms with E-state index in [1.54, 1.807) is 19.1 Å². The number of carbonyl (C=O) groups is 1. The minimum Gasteiger partial charge on any atom is -0.481 e. The van der Waals surface area contributed by atoms with Crippen molar-refractivity contribution in [1.82, 2.24) is 0 Å². The van der Waals surface area contributed by atoms with Crippen molar-refractivity contribution >= 4 is 5.97 Å². The molecule has 2 nitrogen and oxygen atoms in total. The van der Waals surface area contributed by atoms with E-state index in [1.165, 1.54) is 12.1 Å². The molecule has 1 aromatic rings. The molecule has 0 fully saturated rings. The van der Waals surface area contributed by atoms with E-state index >= 15 is 0 Å². The molecule has 0 saturated carbocycles. The molecule has 0 saturated heterocycles. The summed E-state index contributed by atoms with van der Waals surface area (Å²) >= 11 is 0. The molecular formula is C10H10F2O2. The van der Waals surface area contributed by atoms with Crippen LogP contribution in [0.4, 0.5) is 8.78 Å². The van der Waals surface area contributed by atoms with Crippen LogP contribution in [0.5, 0.6) is 0 Å². The molecule has 0 aliphatic carbocycles. The van der Waals surface area contributed by atoms with E-state index in [-0.39, 0.29) is 5.56 Å². The lowest BCUT2D eigenvalue weighted by atomic mass is 9.98. The summed E-state index contributed by atoms with van der Waals surface area (Å²) in [7, 11) is 0. The van der Waals surface area contributed by atoms with E-state index in [0.717, 1.165) is 5.56 Å². The zero-order chi connectivity index (χ0) is 10.7. The van der Waals surface area contributed by atoms with Crippen LogP contribution in [0.15, 0.2) is 24.3 Å². The third-order valence-corrected chi connectivity index (χ3v) is 1.92. The average molecular weight is 200 g/mol. The van der Waals surface area contributed by atoms with Crippen molar-refractivity contribution in [2.24, 2.45) is 0 Å². The van der Waals surface area contributed by atoms with Gasteiger partial charge in [-0.25, -0.2) is 8.78 Å². The third kappa shape index (κ3) is 2.28. The van der Waals surface area contributed by atoms with Crippen LogP contribution in [0.25, 0.3) is 0 Å². The van der Waals surface area contributed by atoms with Crippen LogP contribution < -0.4 is 0 Å². The summed E-state index contributed by atoms with van der Waals surface area (Å²) in [5.74, 6) is -3.22. The van der Waals surface area contributed by atoms with Gasteiger partial charge >= 0.3 is 5.97 Å². The fourth-order valence-corrected chi connectivity index (χ4v) is 1.26. The van der Waals surface area contributed by atoms with Gasteiger partial charge in [-0.1, -0.05) is 29.8 Å². The first-order valence-electron chi connectivity index (χ1n) is 4.10. The van der Waals surface area contributed by atoms with Gasteiger partial charge < -0.3 is 5.11 Å². The molecule has 0 aliphatic heterocycles. The Kier molecular flexibility index (Phi) is 3.17. The van der Waals surface area contributed by atoms with Gasteiger partial charge in [0.05, 0.1) is 0 Å². The molecule has 1 atom stereocenters. The van der Waals surface area contributed by atoms with Crippen molar-refractivity contribution < 1.29 is 18.7 Å². The van der Waals surface area contributed by atoms with Crippen LogP contribution in [0, 0.1) is 6.92 Å². The Morgan fingerprint density at radius 3 is 2.50 bits per heavy atom. The molecular weight excluding hydrogens is 190 g/mol. The van der Waals surface area contributed by atoms with Crippen LogP contribution in [-0.4, -0.2) is 17.5 Å². The van der Waals surface area contributed by atoms with Crippen LogP contribution >= 0.6 is 0 Å². The normalized spacial score (nSPS) is 12.9. The van der Waals surface area contributed by atoms with Crippen molar-refractivity contribution in [3.05, 3.63) is 35.4 Å². The van der Waals surface area contributed by atoms with E-state index in [2.05, 4.69) is 0 Å². The van der Waals surface area contributed by atoms with E-state index in [4.69, 9.17) is 5.11 Å². The van der Waals surface area contributed by atoms with Gasteiger partial charge in [0.15, 0.2) is 0 Å². The standard InChI is InChI=1S/C10H10F2O2/c1-6-3-2-4-7(5-6)8(9(11)12)10(13)14/h2-5,8-9H,1H3,(H,13,14). The molecule has 1 rings (SSSR count). The Bertz CT molecular complexity index is 337. The summed E-state index contributed by atoms with van der Waals surface area (Å²) in [5, 5.41) is 8.61. The molecule has 0 aliphatic rings. The highest BCUT2D eigenvalue weighted by molar-refractivity contribution is 5.76. The highest BCUT2D eigenvalue weighted by Crippen LogP contribution is 2.24. The Labute approximate surface area is 80.2 Å². The summed E-state index contributed by atoms with van der Waals surface area (Å²) in [6, 6.07) is 6.17. The van der Waals surface area contributed by atoms with Crippen molar-refractivity contribution in [3.8, 4) is 0 Å². The molecule has 14 heavy (non-hydrogen) atoms. The van der Waals surface area contributed by atoms with Crippen LogP contribution in [0.1, 0.15) is 17.0 Å². The predicted molar refractivity (Wildman–Crippen MR) is 47.6 cm³/mol. The average Bonchev–Trinajstić information content (AvgIpc) is 2.02. The molecule has 76 valence electrons. The zero-order valence-electron chi connectivity index (χ0n) is 7.58. The Balaban J connectivity index is 3.05. The predicted octanol–water partition coefficient (Wildman–Crippen LogP) is 2.43. The first kappa shape index (κ1) is 10.6. The second-order valence-electron chi connectivity index (χ2n) is 3.06. The number of hydrogen-bond acceptors (Lipinski definition) is 1. The number of aliphatic carboxylic acids is 1. The van der Waals surface area contributed by atoms with Crippen molar-refractivity contribution in [1.29, 1.82) is 0 Å². The number of carboxylic acids is 1. The first-order valence-corrected chi connectivity index (χ1v) is 4.10. The lowest BCUT2D eigenvalue weighted by Gasteiger charge is -2.11. The number of halogens is 2. The second kappa shape index (κ2) is 4.17. The maximum absolute atomic E-state index is 12.4. The van der Waals surface area contributed by atoms with Gasteiger partial charge in [-0.2, -0.15) is 0 Å². The smallest absolute Gasteiger partial charge is 0.316 e. The van der Waals surface area contributed by atoms with Gasteiger partial charge in [-0.15, -0.1) is 0 Å². The Morgan fingerprint density at radius 1 is 1.43 bits per heavy atom. The summed E-state index contributed by atoms with van der Waals surface area (Å²) in [6.07, 6.45) is -2.88. The number of aryl methyl sites for hydroxylation is 1. The minimum atomic E-state index is -2.88. The highest BCUT2D eigenvalue weighted by Gasteiger charge is 2.29. The molecule has 1 unspecified atom stereocenters. The number of alkyl halides is 2. The molecule has 0 radical (unpaired) electrons. The van der Waals surface area contributed by atoms with Gasteiger partial charge in [0.2, 0.25) is 0 Å². The van der Waals surface area contributed by atoms with Gasteiger partial charge in [0.1, 0.15) is 5.92 Å². The fourth-order valence-electron chi connectivity index (χ4n) is 1.26. The van der Waals surface area contributed by atoms with E-state index in [0.29, 0.717) is 0 Å². The van der Waals surface area contributed by atoms with Crippen molar-refractivity contribution in [3.63, 3.8) is 0 Å². The number of rotatable bonds is 3. The zero-order valence-corrected chi connectivity index (χ0v) is 7.58.